The maximum absolute atomic E-state index is 13.2. The van der Waals surface area contributed by atoms with Crippen LogP contribution in [0.1, 0.15) is 57.4 Å². The molecule has 0 aliphatic carbocycles. The van der Waals surface area contributed by atoms with Crippen LogP contribution >= 0.6 is 22.6 Å². The highest BCUT2D eigenvalue weighted by Gasteiger charge is 2.43. The van der Waals surface area contributed by atoms with Crippen LogP contribution in [0.3, 0.4) is 0 Å². The first-order chi connectivity index (χ1) is 16.4. The molecule has 0 bridgehead atoms. The van der Waals surface area contributed by atoms with Gasteiger partial charge in [-0.1, -0.05) is 47.2 Å². The van der Waals surface area contributed by atoms with Crippen LogP contribution in [0.15, 0.2) is 35.9 Å². The summed E-state index contributed by atoms with van der Waals surface area (Å²) in [4.78, 5) is 31.1. The lowest BCUT2D eigenvalue weighted by atomic mass is 9.86. The number of halogens is 1. The Morgan fingerprint density at radius 3 is 2.63 bits per heavy atom. The number of fused-ring (bicyclic) bond motifs is 1. The molecule has 1 aromatic heterocycles. The lowest BCUT2D eigenvalue weighted by molar-refractivity contribution is -0.148. The summed E-state index contributed by atoms with van der Waals surface area (Å²) in [7, 11) is 3.58. The van der Waals surface area contributed by atoms with Crippen LogP contribution < -0.4 is 0 Å². The van der Waals surface area contributed by atoms with E-state index in [0.717, 1.165) is 47.2 Å². The summed E-state index contributed by atoms with van der Waals surface area (Å²) in [5.41, 5.74) is 4.59. The maximum atomic E-state index is 13.2. The highest BCUT2D eigenvalue weighted by molar-refractivity contribution is 14.1. The summed E-state index contributed by atoms with van der Waals surface area (Å²) >= 11 is 2.27. The highest BCUT2D eigenvalue weighted by atomic mass is 127. The van der Waals surface area contributed by atoms with Crippen molar-refractivity contribution in [2.75, 3.05) is 27.2 Å². The number of hydrogen-bond acceptors (Lipinski definition) is 5. The van der Waals surface area contributed by atoms with Gasteiger partial charge in [0.25, 0.3) is 0 Å². The number of hydrogen-bond donors (Lipinski definition) is 1. The molecule has 3 rings (SSSR count). The molecule has 0 saturated carbocycles. The summed E-state index contributed by atoms with van der Waals surface area (Å²) in [5.74, 6) is -0.381. The van der Waals surface area contributed by atoms with E-state index in [2.05, 4.69) is 52.5 Å². The van der Waals surface area contributed by atoms with Crippen LogP contribution in [0.5, 0.6) is 0 Å². The van der Waals surface area contributed by atoms with Crippen molar-refractivity contribution in [3.8, 4) is 0 Å². The smallest absolute Gasteiger partial charge is 0.331 e. The number of aromatic amines is 1. The Hall–Kier alpha value is -2.13. The zero-order chi connectivity index (χ0) is 26.0. The molecule has 35 heavy (non-hydrogen) atoms. The molecule has 1 aliphatic rings. The first-order valence-corrected chi connectivity index (χ1v) is 13.1. The molecule has 0 radical (unpaired) electrons. The number of esters is 2. The third-order valence-electron chi connectivity index (χ3n) is 6.29. The molecule has 1 N–H and O–H groups in total. The zero-order valence-electron chi connectivity index (χ0n) is 21.8. The summed E-state index contributed by atoms with van der Waals surface area (Å²) in [6, 6.07) is 5.96. The number of aromatic nitrogens is 1. The second kappa shape index (κ2) is 10.9. The average molecular weight is 593 g/mol. The Kier molecular flexibility index (Phi) is 8.52. The van der Waals surface area contributed by atoms with Crippen molar-refractivity contribution in [2.45, 2.75) is 56.5 Å². The second-order valence-electron chi connectivity index (χ2n) is 10.4. The number of ether oxygens (including phenoxy) is 2. The van der Waals surface area contributed by atoms with Gasteiger partial charge in [-0.25, -0.2) is 4.79 Å². The van der Waals surface area contributed by atoms with Crippen LogP contribution in [0, 0.1) is 12.8 Å². The minimum absolute atomic E-state index is 0.248. The average Bonchev–Trinajstić information content (AvgIpc) is 3.12. The second-order valence-corrected chi connectivity index (χ2v) is 12.3. The van der Waals surface area contributed by atoms with E-state index in [-0.39, 0.29) is 17.9 Å². The van der Waals surface area contributed by atoms with Gasteiger partial charge in [0.2, 0.25) is 0 Å². The lowest BCUT2D eigenvalue weighted by Gasteiger charge is -2.34. The largest absolute Gasteiger partial charge is 0.468 e. The molecular weight excluding hydrogens is 555 g/mol. The number of methoxy groups -OCH3 is 1. The van der Waals surface area contributed by atoms with E-state index in [1.54, 1.807) is 6.08 Å². The fourth-order valence-electron chi connectivity index (χ4n) is 4.76. The number of nitrogens with zero attached hydrogens (tertiary/aromatic N) is 1. The molecule has 0 saturated heterocycles. The van der Waals surface area contributed by atoms with Gasteiger partial charge in [-0.3, -0.25) is 4.79 Å². The Morgan fingerprint density at radius 2 is 2.00 bits per heavy atom. The molecule has 190 valence electrons. The maximum Gasteiger partial charge on any atom is 0.331 e. The first kappa shape index (κ1) is 27.5. The van der Waals surface area contributed by atoms with Crippen LogP contribution in [0.2, 0.25) is 0 Å². The molecule has 0 fully saturated rings. The van der Waals surface area contributed by atoms with Gasteiger partial charge in [0.1, 0.15) is 5.60 Å². The lowest BCUT2D eigenvalue weighted by Crippen LogP contribution is -2.38. The minimum atomic E-state index is -0.847. The van der Waals surface area contributed by atoms with E-state index in [1.807, 2.05) is 45.9 Å². The van der Waals surface area contributed by atoms with Gasteiger partial charge >= 0.3 is 11.9 Å². The minimum Gasteiger partial charge on any atom is -0.468 e. The Morgan fingerprint density at radius 1 is 1.29 bits per heavy atom. The quantitative estimate of drug-likeness (QED) is 0.142. The number of carbonyl (C=O) groups excluding carboxylic acids is 2. The summed E-state index contributed by atoms with van der Waals surface area (Å²) < 4.78 is 9.82. The van der Waals surface area contributed by atoms with Crippen molar-refractivity contribution in [1.82, 2.24) is 9.88 Å². The third kappa shape index (κ3) is 6.55. The Labute approximate surface area is 222 Å². The molecule has 2 aromatic rings. The van der Waals surface area contributed by atoms with E-state index >= 15 is 0 Å². The molecule has 7 heteroatoms. The van der Waals surface area contributed by atoms with Gasteiger partial charge < -0.3 is 19.4 Å². The molecule has 1 aromatic carbocycles. The molecule has 2 atom stereocenters. The van der Waals surface area contributed by atoms with Crippen molar-refractivity contribution >= 4 is 51.5 Å². The number of carbonyl (C=O) groups is 2. The number of alkyl halides is 1. The van der Waals surface area contributed by atoms with E-state index in [4.69, 9.17) is 9.47 Å². The molecule has 0 amide bonds. The summed E-state index contributed by atoms with van der Waals surface area (Å²) in [6.07, 6.45) is 7.20. The highest BCUT2D eigenvalue weighted by Crippen LogP contribution is 2.44. The molecular formula is C28H37IN2O4. The van der Waals surface area contributed by atoms with Gasteiger partial charge in [-0.2, -0.15) is 0 Å². The summed E-state index contributed by atoms with van der Waals surface area (Å²) in [6.45, 7) is 11.6. The monoisotopic (exact) mass is 592 g/mol. The number of nitrogens with one attached hydrogen (secondary N) is 1. The summed E-state index contributed by atoms with van der Waals surface area (Å²) in [5, 5.41) is 1.02. The molecule has 0 spiro atoms. The Balaban J connectivity index is 1.96. The van der Waals surface area contributed by atoms with E-state index in [1.165, 1.54) is 18.8 Å². The fourth-order valence-corrected chi connectivity index (χ4v) is 6.08. The van der Waals surface area contributed by atoms with E-state index in [9.17, 15) is 9.59 Å². The number of likely N-dealkylation sites (N-methyl/N-ethyl adjacent to an activating group) is 1. The van der Waals surface area contributed by atoms with Crippen LogP contribution in [0.4, 0.5) is 0 Å². The topological polar surface area (TPSA) is 71.6 Å². The predicted octanol–water partition coefficient (Wildman–Crippen LogP) is 5.92. The normalized spacial score (nSPS) is 19.0. The van der Waals surface area contributed by atoms with Gasteiger partial charge in [-0.15, -0.1) is 0 Å². The van der Waals surface area contributed by atoms with Gasteiger partial charge in [0.05, 0.1) is 7.11 Å². The number of benzene rings is 1. The predicted molar refractivity (Wildman–Crippen MR) is 150 cm³/mol. The standard InChI is InChI=1S/C28H37IN2O4/c1-8-19-13-21(17-31(6)16-19)15-28(29,26(33)34-7)25-18(2)22-14-20(9-11-23(22)30-25)10-12-24(32)35-27(3,4)5/h9-14,21,30H,8,15-17H2,1-7H3/b12-10+/t21-,28+/m1/s1. The van der Waals surface area contributed by atoms with Crippen LogP contribution in [-0.4, -0.2) is 54.7 Å². The van der Waals surface area contributed by atoms with Crippen molar-refractivity contribution in [3.63, 3.8) is 0 Å². The SMILES string of the molecule is CCC1=C[C@H](C[C@@](I)(C(=O)OC)c2[nH]c3ccc(/C=C/C(=O)OC(C)(C)C)cc3c2C)CN(C)C1. The van der Waals surface area contributed by atoms with Gasteiger partial charge in [0, 0.05) is 35.8 Å². The van der Waals surface area contributed by atoms with Crippen LogP contribution in [-0.2, 0) is 22.5 Å². The van der Waals surface area contributed by atoms with Crippen molar-refractivity contribution in [3.05, 3.63) is 52.7 Å². The molecule has 1 aliphatic heterocycles. The van der Waals surface area contributed by atoms with Crippen molar-refractivity contribution in [2.24, 2.45) is 5.92 Å². The fraction of sp³-hybridized carbons (Fsp3) is 0.500. The Bertz CT molecular complexity index is 1160. The van der Waals surface area contributed by atoms with Crippen molar-refractivity contribution < 1.29 is 19.1 Å². The molecule has 6 nitrogen and oxygen atoms in total. The van der Waals surface area contributed by atoms with Gasteiger partial charge in [0.15, 0.2) is 3.42 Å². The zero-order valence-corrected chi connectivity index (χ0v) is 24.0. The molecule has 0 unspecified atom stereocenters. The van der Waals surface area contributed by atoms with E-state index < -0.39 is 9.02 Å². The number of H-pyrrole nitrogens is 1. The third-order valence-corrected chi connectivity index (χ3v) is 7.71. The first-order valence-electron chi connectivity index (χ1n) is 12.1. The van der Waals surface area contributed by atoms with Crippen LogP contribution in [0.25, 0.3) is 17.0 Å². The number of aryl methyl sites for hydroxylation is 1. The van der Waals surface area contributed by atoms with Crippen molar-refractivity contribution in [1.29, 1.82) is 0 Å². The van der Waals surface area contributed by atoms with Gasteiger partial charge in [-0.05, 0) is 82.8 Å². The van der Waals surface area contributed by atoms with E-state index in [0.29, 0.717) is 6.42 Å². The number of rotatable bonds is 7. The molecule has 2 heterocycles.